The van der Waals surface area contributed by atoms with Crippen molar-refractivity contribution in [3.05, 3.63) is 42.1 Å². The lowest BCUT2D eigenvalue weighted by Crippen LogP contribution is -2.35. The Morgan fingerprint density at radius 2 is 1.91 bits per heavy atom. The van der Waals surface area contributed by atoms with Gasteiger partial charge in [0.25, 0.3) is 5.91 Å². The number of aromatic amines is 1. The predicted octanol–water partition coefficient (Wildman–Crippen LogP) is 2.65. The maximum absolute atomic E-state index is 12.6. The van der Waals surface area contributed by atoms with Crippen molar-refractivity contribution in [2.45, 2.75) is 19.3 Å². The highest BCUT2D eigenvalue weighted by Crippen LogP contribution is 2.23. The fraction of sp³-hybridized carbons (Fsp3) is 0.294. The number of hydrogen-bond donors (Lipinski definition) is 1. The SMILES string of the molecule is O=C(c1cccc(-c2cnc3n[nH]nc3c2)c1)N1CCCCC1. The number of aromatic nitrogens is 4. The van der Waals surface area contributed by atoms with E-state index >= 15 is 0 Å². The van der Waals surface area contributed by atoms with Crippen LogP contribution in [-0.4, -0.2) is 44.3 Å². The van der Waals surface area contributed by atoms with E-state index in [-0.39, 0.29) is 5.91 Å². The summed E-state index contributed by atoms with van der Waals surface area (Å²) in [5, 5.41) is 10.6. The molecule has 116 valence electrons. The Hall–Kier alpha value is -2.76. The zero-order valence-electron chi connectivity index (χ0n) is 12.7. The summed E-state index contributed by atoms with van der Waals surface area (Å²) < 4.78 is 0. The first-order chi connectivity index (χ1) is 11.3. The molecule has 23 heavy (non-hydrogen) atoms. The van der Waals surface area contributed by atoms with Gasteiger partial charge in [-0.2, -0.15) is 10.3 Å². The second-order valence-electron chi connectivity index (χ2n) is 5.82. The lowest BCUT2D eigenvalue weighted by molar-refractivity contribution is 0.0724. The third kappa shape index (κ3) is 2.67. The van der Waals surface area contributed by atoms with Gasteiger partial charge in [0.1, 0.15) is 5.52 Å². The highest BCUT2D eigenvalue weighted by molar-refractivity contribution is 5.95. The number of benzene rings is 1. The molecule has 2 aromatic heterocycles. The van der Waals surface area contributed by atoms with Crippen LogP contribution in [0.2, 0.25) is 0 Å². The highest BCUT2D eigenvalue weighted by Gasteiger charge is 2.18. The maximum atomic E-state index is 12.6. The van der Waals surface area contributed by atoms with Gasteiger partial charge in [-0.05, 0) is 43.0 Å². The Kier molecular flexibility index (Phi) is 3.49. The molecule has 1 saturated heterocycles. The maximum Gasteiger partial charge on any atom is 0.253 e. The van der Waals surface area contributed by atoms with Gasteiger partial charge in [-0.15, -0.1) is 5.10 Å². The van der Waals surface area contributed by atoms with Gasteiger partial charge < -0.3 is 4.90 Å². The molecule has 1 aliphatic heterocycles. The molecule has 0 bridgehead atoms. The smallest absolute Gasteiger partial charge is 0.253 e. The van der Waals surface area contributed by atoms with Gasteiger partial charge in [0, 0.05) is 30.4 Å². The van der Waals surface area contributed by atoms with Crippen molar-refractivity contribution in [1.82, 2.24) is 25.3 Å². The first-order valence-corrected chi connectivity index (χ1v) is 7.87. The second-order valence-corrected chi connectivity index (χ2v) is 5.82. The summed E-state index contributed by atoms with van der Waals surface area (Å²) in [6, 6.07) is 9.63. The quantitative estimate of drug-likeness (QED) is 0.790. The van der Waals surface area contributed by atoms with Crippen LogP contribution in [0, 0.1) is 0 Å². The number of nitrogens with zero attached hydrogens (tertiary/aromatic N) is 4. The molecule has 0 aliphatic carbocycles. The van der Waals surface area contributed by atoms with E-state index in [1.807, 2.05) is 35.2 Å². The number of carbonyl (C=O) groups excluding carboxylic acids is 1. The van der Waals surface area contributed by atoms with Crippen LogP contribution in [-0.2, 0) is 0 Å². The van der Waals surface area contributed by atoms with Crippen molar-refractivity contribution in [3.8, 4) is 11.1 Å². The number of carbonyl (C=O) groups is 1. The highest BCUT2D eigenvalue weighted by atomic mass is 16.2. The summed E-state index contributed by atoms with van der Waals surface area (Å²) in [6.07, 6.45) is 5.17. The minimum atomic E-state index is 0.113. The van der Waals surface area contributed by atoms with Crippen LogP contribution in [0.25, 0.3) is 22.3 Å². The summed E-state index contributed by atoms with van der Waals surface area (Å²) >= 11 is 0. The van der Waals surface area contributed by atoms with Crippen LogP contribution >= 0.6 is 0 Å². The third-order valence-electron chi connectivity index (χ3n) is 4.26. The van der Waals surface area contributed by atoms with E-state index in [1.165, 1.54) is 6.42 Å². The number of hydrogen-bond acceptors (Lipinski definition) is 4. The number of rotatable bonds is 2. The van der Waals surface area contributed by atoms with E-state index in [0.717, 1.165) is 48.1 Å². The number of amides is 1. The number of likely N-dealkylation sites (tertiary alicyclic amines) is 1. The van der Waals surface area contributed by atoms with Gasteiger partial charge in [-0.3, -0.25) is 4.79 Å². The summed E-state index contributed by atoms with van der Waals surface area (Å²) in [5.74, 6) is 0.113. The largest absolute Gasteiger partial charge is 0.339 e. The molecule has 0 atom stereocenters. The molecule has 4 rings (SSSR count). The van der Waals surface area contributed by atoms with Gasteiger partial charge in [0.05, 0.1) is 0 Å². The average molecular weight is 307 g/mol. The Labute approximate surface area is 133 Å². The van der Waals surface area contributed by atoms with E-state index in [9.17, 15) is 4.79 Å². The molecular weight excluding hydrogens is 290 g/mol. The third-order valence-corrected chi connectivity index (χ3v) is 4.26. The second kappa shape index (κ2) is 5.79. The molecule has 0 radical (unpaired) electrons. The first kappa shape index (κ1) is 13.9. The summed E-state index contributed by atoms with van der Waals surface area (Å²) in [4.78, 5) is 18.9. The zero-order chi connectivity index (χ0) is 15.6. The summed E-state index contributed by atoms with van der Waals surface area (Å²) in [5.41, 5.74) is 3.93. The van der Waals surface area contributed by atoms with E-state index in [1.54, 1.807) is 6.20 Å². The topological polar surface area (TPSA) is 74.8 Å². The predicted molar refractivity (Wildman–Crippen MR) is 86.9 cm³/mol. The van der Waals surface area contributed by atoms with Gasteiger partial charge in [0.2, 0.25) is 5.65 Å². The lowest BCUT2D eigenvalue weighted by Gasteiger charge is -2.26. The molecule has 0 unspecified atom stereocenters. The van der Waals surface area contributed by atoms with Crippen molar-refractivity contribution in [1.29, 1.82) is 0 Å². The van der Waals surface area contributed by atoms with Gasteiger partial charge in [-0.25, -0.2) is 4.98 Å². The summed E-state index contributed by atoms with van der Waals surface area (Å²) in [6.45, 7) is 1.71. The molecule has 1 fully saturated rings. The fourth-order valence-electron chi connectivity index (χ4n) is 3.01. The van der Waals surface area contributed by atoms with Crippen LogP contribution in [0.5, 0.6) is 0 Å². The Bertz CT molecular complexity index is 851. The van der Waals surface area contributed by atoms with E-state index in [2.05, 4.69) is 20.4 Å². The zero-order valence-corrected chi connectivity index (χ0v) is 12.7. The molecule has 1 N–H and O–H groups in total. The first-order valence-electron chi connectivity index (χ1n) is 7.87. The Morgan fingerprint density at radius 3 is 2.78 bits per heavy atom. The standard InChI is InChI=1S/C17H17N5O/c23-17(22-7-2-1-3-8-22)13-6-4-5-12(9-13)14-10-15-16(18-11-14)20-21-19-15/h4-6,9-11H,1-3,7-8H2,(H,18,19,20,21). The van der Waals surface area contributed by atoms with E-state index in [4.69, 9.17) is 0 Å². The molecular formula is C17H17N5O. The Morgan fingerprint density at radius 1 is 1.04 bits per heavy atom. The van der Waals surface area contributed by atoms with E-state index < -0.39 is 0 Å². The van der Waals surface area contributed by atoms with Crippen molar-refractivity contribution in [3.63, 3.8) is 0 Å². The molecule has 6 nitrogen and oxygen atoms in total. The number of piperidine rings is 1. The molecule has 0 saturated carbocycles. The fourth-order valence-corrected chi connectivity index (χ4v) is 3.01. The van der Waals surface area contributed by atoms with Crippen molar-refractivity contribution in [2.75, 3.05) is 13.1 Å². The van der Waals surface area contributed by atoms with Crippen LogP contribution < -0.4 is 0 Å². The van der Waals surface area contributed by atoms with Crippen LogP contribution in [0.1, 0.15) is 29.6 Å². The number of nitrogens with one attached hydrogen (secondary N) is 1. The monoisotopic (exact) mass is 307 g/mol. The molecule has 1 aromatic carbocycles. The number of fused-ring (bicyclic) bond motifs is 1. The minimum absolute atomic E-state index is 0.113. The molecule has 3 aromatic rings. The molecule has 1 aliphatic rings. The Balaban J connectivity index is 1.66. The van der Waals surface area contributed by atoms with Gasteiger partial charge in [-0.1, -0.05) is 12.1 Å². The lowest BCUT2D eigenvalue weighted by atomic mass is 10.0. The van der Waals surface area contributed by atoms with Crippen LogP contribution in [0.3, 0.4) is 0 Å². The van der Waals surface area contributed by atoms with Crippen molar-refractivity contribution >= 4 is 17.1 Å². The van der Waals surface area contributed by atoms with E-state index in [0.29, 0.717) is 5.65 Å². The number of pyridine rings is 1. The van der Waals surface area contributed by atoms with Crippen LogP contribution in [0.15, 0.2) is 36.5 Å². The average Bonchev–Trinajstić information content (AvgIpc) is 3.09. The molecule has 3 heterocycles. The van der Waals surface area contributed by atoms with Crippen molar-refractivity contribution in [2.24, 2.45) is 0 Å². The normalized spacial score (nSPS) is 15.0. The van der Waals surface area contributed by atoms with Gasteiger partial charge in [0.15, 0.2) is 0 Å². The van der Waals surface area contributed by atoms with Crippen LogP contribution in [0.4, 0.5) is 0 Å². The van der Waals surface area contributed by atoms with Crippen molar-refractivity contribution < 1.29 is 4.79 Å². The molecule has 6 heteroatoms. The van der Waals surface area contributed by atoms with Gasteiger partial charge >= 0.3 is 0 Å². The summed E-state index contributed by atoms with van der Waals surface area (Å²) in [7, 11) is 0. The molecule has 1 amide bonds. The molecule has 0 spiro atoms. The number of H-pyrrole nitrogens is 1. The minimum Gasteiger partial charge on any atom is -0.339 e.